The van der Waals surface area contributed by atoms with Crippen LogP contribution >= 0.6 is 0 Å². The quantitative estimate of drug-likeness (QED) is 0.798. The second kappa shape index (κ2) is 8.51. The number of hydrogen-bond acceptors (Lipinski definition) is 5. The molecule has 154 valence electrons. The van der Waals surface area contributed by atoms with Gasteiger partial charge >= 0.3 is 0 Å². The van der Waals surface area contributed by atoms with Crippen molar-refractivity contribution in [3.63, 3.8) is 0 Å². The molecule has 2 aliphatic rings. The SMILES string of the molecule is C[C@@H]1CN(c2ccc(C(=O)N3C[C@@H](c4ccccc4)O[C@@H](C)C3)cn2)C[C@H](C)O1. The van der Waals surface area contributed by atoms with Crippen LogP contribution in [0.5, 0.6) is 0 Å². The van der Waals surface area contributed by atoms with Crippen LogP contribution in [0.25, 0.3) is 0 Å². The molecule has 0 saturated carbocycles. The second-order valence-corrected chi connectivity index (χ2v) is 8.12. The fraction of sp³-hybridized carbons (Fsp3) is 0.478. The molecule has 1 amide bonds. The van der Waals surface area contributed by atoms with Crippen molar-refractivity contribution in [3.05, 3.63) is 59.8 Å². The highest BCUT2D eigenvalue weighted by molar-refractivity contribution is 5.94. The third-order valence-corrected chi connectivity index (χ3v) is 5.46. The minimum Gasteiger partial charge on any atom is -0.372 e. The normalized spacial score (nSPS) is 27.7. The van der Waals surface area contributed by atoms with Gasteiger partial charge in [0.15, 0.2) is 0 Å². The van der Waals surface area contributed by atoms with Crippen LogP contribution in [0, 0.1) is 0 Å². The summed E-state index contributed by atoms with van der Waals surface area (Å²) in [6.07, 6.45) is 1.92. The summed E-state index contributed by atoms with van der Waals surface area (Å²) in [5.74, 6) is 0.893. The molecule has 4 atom stereocenters. The van der Waals surface area contributed by atoms with Crippen molar-refractivity contribution in [2.45, 2.75) is 45.2 Å². The van der Waals surface area contributed by atoms with Crippen molar-refractivity contribution in [2.75, 3.05) is 31.1 Å². The molecule has 0 aliphatic carbocycles. The standard InChI is InChI=1S/C23H29N3O3/c1-16-12-25(13-17(2)28-16)22-10-9-20(11-24-22)23(27)26-14-18(3)29-21(15-26)19-7-5-4-6-8-19/h4-11,16-18,21H,12-15H2,1-3H3/t16-,17+,18-,21-/m0/s1. The first-order valence-electron chi connectivity index (χ1n) is 10.4. The van der Waals surface area contributed by atoms with Crippen molar-refractivity contribution in [3.8, 4) is 0 Å². The van der Waals surface area contributed by atoms with E-state index in [1.54, 1.807) is 6.20 Å². The van der Waals surface area contributed by atoms with Crippen LogP contribution in [0.2, 0.25) is 0 Å². The van der Waals surface area contributed by atoms with Gasteiger partial charge in [0.2, 0.25) is 0 Å². The molecule has 6 heteroatoms. The zero-order valence-corrected chi connectivity index (χ0v) is 17.3. The molecule has 0 unspecified atom stereocenters. The fourth-order valence-corrected chi connectivity index (χ4v) is 4.22. The number of pyridine rings is 1. The predicted molar refractivity (Wildman–Crippen MR) is 112 cm³/mol. The van der Waals surface area contributed by atoms with E-state index in [9.17, 15) is 4.79 Å². The Morgan fingerprint density at radius 1 is 0.897 bits per heavy atom. The molecule has 3 heterocycles. The van der Waals surface area contributed by atoms with E-state index < -0.39 is 0 Å². The number of carbonyl (C=O) groups excluding carboxylic acids is 1. The molecular formula is C23H29N3O3. The number of rotatable bonds is 3. The van der Waals surface area contributed by atoms with Crippen LogP contribution in [0.4, 0.5) is 5.82 Å². The summed E-state index contributed by atoms with van der Waals surface area (Å²) < 4.78 is 11.9. The van der Waals surface area contributed by atoms with E-state index in [1.165, 1.54) is 0 Å². The first-order valence-corrected chi connectivity index (χ1v) is 10.4. The topological polar surface area (TPSA) is 54.9 Å². The van der Waals surface area contributed by atoms with E-state index in [2.05, 4.69) is 23.7 Å². The summed E-state index contributed by atoms with van der Waals surface area (Å²) in [4.78, 5) is 21.8. The summed E-state index contributed by atoms with van der Waals surface area (Å²) in [5.41, 5.74) is 1.71. The van der Waals surface area contributed by atoms with Gasteiger partial charge in [-0.3, -0.25) is 4.79 Å². The molecule has 2 aliphatic heterocycles. The average molecular weight is 396 g/mol. The molecule has 0 spiro atoms. The van der Waals surface area contributed by atoms with Gasteiger partial charge in [-0.05, 0) is 38.5 Å². The minimum atomic E-state index is -0.104. The lowest BCUT2D eigenvalue weighted by Gasteiger charge is -2.37. The van der Waals surface area contributed by atoms with Crippen LogP contribution in [-0.4, -0.2) is 60.3 Å². The van der Waals surface area contributed by atoms with Gasteiger partial charge in [0.25, 0.3) is 5.91 Å². The van der Waals surface area contributed by atoms with Gasteiger partial charge in [-0.2, -0.15) is 0 Å². The molecule has 2 fully saturated rings. The molecule has 1 aromatic heterocycles. The lowest BCUT2D eigenvalue weighted by Crippen LogP contribution is -2.46. The molecule has 0 radical (unpaired) electrons. The van der Waals surface area contributed by atoms with Crippen LogP contribution in [0.15, 0.2) is 48.7 Å². The number of hydrogen-bond donors (Lipinski definition) is 0. The summed E-state index contributed by atoms with van der Waals surface area (Å²) in [5, 5.41) is 0. The Morgan fingerprint density at radius 2 is 1.59 bits per heavy atom. The molecule has 4 rings (SSSR count). The predicted octanol–water partition coefficient (Wildman–Crippen LogP) is 3.30. The Balaban J connectivity index is 1.46. The van der Waals surface area contributed by atoms with Gasteiger partial charge in [-0.1, -0.05) is 30.3 Å². The van der Waals surface area contributed by atoms with Crippen molar-refractivity contribution in [1.29, 1.82) is 0 Å². The van der Waals surface area contributed by atoms with Gasteiger partial charge in [0.05, 0.1) is 30.4 Å². The zero-order chi connectivity index (χ0) is 20.4. The van der Waals surface area contributed by atoms with E-state index >= 15 is 0 Å². The third kappa shape index (κ3) is 4.60. The van der Waals surface area contributed by atoms with Crippen LogP contribution < -0.4 is 4.90 Å². The first kappa shape index (κ1) is 19.9. The highest BCUT2D eigenvalue weighted by Gasteiger charge is 2.30. The van der Waals surface area contributed by atoms with Crippen molar-refractivity contribution >= 4 is 11.7 Å². The molecular weight excluding hydrogens is 366 g/mol. The van der Waals surface area contributed by atoms with E-state index in [4.69, 9.17) is 9.47 Å². The van der Waals surface area contributed by atoms with Crippen molar-refractivity contribution in [2.24, 2.45) is 0 Å². The molecule has 2 saturated heterocycles. The molecule has 0 N–H and O–H groups in total. The van der Waals surface area contributed by atoms with Gasteiger partial charge in [-0.15, -0.1) is 0 Å². The van der Waals surface area contributed by atoms with E-state index in [0.29, 0.717) is 18.7 Å². The number of amides is 1. The highest BCUT2D eigenvalue weighted by Crippen LogP contribution is 2.26. The Bertz CT molecular complexity index is 817. The van der Waals surface area contributed by atoms with Crippen molar-refractivity contribution in [1.82, 2.24) is 9.88 Å². The largest absolute Gasteiger partial charge is 0.372 e. The lowest BCUT2D eigenvalue weighted by atomic mass is 10.1. The monoisotopic (exact) mass is 395 g/mol. The molecule has 1 aromatic carbocycles. The lowest BCUT2D eigenvalue weighted by molar-refractivity contribution is -0.0691. The molecule has 6 nitrogen and oxygen atoms in total. The van der Waals surface area contributed by atoms with E-state index in [0.717, 1.165) is 24.5 Å². The fourth-order valence-electron chi connectivity index (χ4n) is 4.22. The second-order valence-electron chi connectivity index (χ2n) is 8.12. The number of morpholine rings is 2. The van der Waals surface area contributed by atoms with Crippen LogP contribution in [-0.2, 0) is 9.47 Å². The molecule has 29 heavy (non-hydrogen) atoms. The van der Waals surface area contributed by atoms with E-state index in [1.807, 2.05) is 54.3 Å². The van der Waals surface area contributed by atoms with Crippen molar-refractivity contribution < 1.29 is 14.3 Å². The summed E-state index contributed by atoms with van der Waals surface area (Å²) in [6.45, 7) is 8.91. The maximum atomic E-state index is 13.1. The number of ether oxygens (including phenoxy) is 2. The smallest absolute Gasteiger partial charge is 0.255 e. The number of carbonyl (C=O) groups is 1. The number of aromatic nitrogens is 1. The number of anilines is 1. The van der Waals surface area contributed by atoms with E-state index in [-0.39, 0.29) is 30.3 Å². The number of nitrogens with zero attached hydrogens (tertiary/aromatic N) is 3. The highest BCUT2D eigenvalue weighted by atomic mass is 16.5. The Labute approximate surface area is 172 Å². The molecule has 2 aromatic rings. The zero-order valence-electron chi connectivity index (χ0n) is 17.3. The number of benzene rings is 1. The Kier molecular flexibility index (Phi) is 5.83. The Morgan fingerprint density at radius 3 is 2.24 bits per heavy atom. The molecule has 0 bridgehead atoms. The Hall–Kier alpha value is -2.44. The van der Waals surface area contributed by atoms with Crippen LogP contribution in [0.1, 0.15) is 42.8 Å². The maximum absolute atomic E-state index is 13.1. The first-order chi connectivity index (χ1) is 14.0. The summed E-state index contributed by atoms with van der Waals surface area (Å²) in [6, 6.07) is 13.9. The summed E-state index contributed by atoms with van der Waals surface area (Å²) >= 11 is 0. The minimum absolute atomic E-state index is 0.00356. The maximum Gasteiger partial charge on any atom is 0.255 e. The van der Waals surface area contributed by atoms with Gasteiger partial charge in [0, 0.05) is 25.8 Å². The van der Waals surface area contributed by atoms with Crippen LogP contribution in [0.3, 0.4) is 0 Å². The third-order valence-electron chi connectivity index (χ3n) is 5.46. The van der Waals surface area contributed by atoms with Gasteiger partial charge in [-0.25, -0.2) is 4.98 Å². The van der Waals surface area contributed by atoms with Gasteiger partial charge < -0.3 is 19.3 Å². The summed E-state index contributed by atoms with van der Waals surface area (Å²) in [7, 11) is 0. The van der Waals surface area contributed by atoms with Gasteiger partial charge in [0.1, 0.15) is 11.9 Å². The average Bonchev–Trinajstić information content (AvgIpc) is 2.73.